The SMILES string of the molecule is Cc1nn(CC2CSc3ccccc32)c(C)c1C=O. The van der Waals surface area contributed by atoms with Gasteiger partial charge in [-0.15, -0.1) is 11.8 Å². The van der Waals surface area contributed by atoms with Gasteiger partial charge in [0.15, 0.2) is 6.29 Å². The lowest BCUT2D eigenvalue weighted by Crippen LogP contribution is -2.11. The summed E-state index contributed by atoms with van der Waals surface area (Å²) >= 11 is 1.91. The van der Waals surface area contributed by atoms with E-state index in [0.29, 0.717) is 5.92 Å². The zero-order valence-corrected chi connectivity index (χ0v) is 11.9. The van der Waals surface area contributed by atoms with Crippen LogP contribution in [0.15, 0.2) is 29.2 Å². The summed E-state index contributed by atoms with van der Waals surface area (Å²) in [6, 6.07) is 8.56. The van der Waals surface area contributed by atoms with Crippen molar-refractivity contribution in [1.29, 1.82) is 0 Å². The molecule has 0 N–H and O–H groups in total. The van der Waals surface area contributed by atoms with Crippen LogP contribution in [-0.2, 0) is 6.54 Å². The van der Waals surface area contributed by atoms with Crippen molar-refractivity contribution in [3.05, 3.63) is 46.8 Å². The van der Waals surface area contributed by atoms with Gasteiger partial charge in [-0.3, -0.25) is 9.48 Å². The van der Waals surface area contributed by atoms with Gasteiger partial charge in [0, 0.05) is 28.8 Å². The number of aldehydes is 1. The van der Waals surface area contributed by atoms with Crippen LogP contribution in [0.25, 0.3) is 0 Å². The summed E-state index contributed by atoms with van der Waals surface area (Å²) in [6.45, 7) is 4.72. The lowest BCUT2D eigenvalue weighted by atomic mass is 10.0. The summed E-state index contributed by atoms with van der Waals surface area (Å²) in [6.07, 6.45) is 0.908. The summed E-state index contributed by atoms with van der Waals surface area (Å²) in [7, 11) is 0. The molecule has 0 aliphatic carbocycles. The Morgan fingerprint density at radius 1 is 1.42 bits per heavy atom. The van der Waals surface area contributed by atoms with Crippen LogP contribution in [0.4, 0.5) is 0 Å². The van der Waals surface area contributed by atoms with Crippen molar-refractivity contribution in [1.82, 2.24) is 9.78 Å². The molecular weight excluding hydrogens is 256 g/mol. The summed E-state index contributed by atoms with van der Waals surface area (Å²) in [4.78, 5) is 12.4. The van der Waals surface area contributed by atoms with Crippen molar-refractivity contribution >= 4 is 18.0 Å². The predicted octanol–water partition coefficient (Wildman–Crippen LogP) is 3.20. The second kappa shape index (κ2) is 4.85. The Morgan fingerprint density at radius 3 is 2.95 bits per heavy atom. The minimum atomic E-state index is 0.485. The largest absolute Gasteiger partial charge is 0.298 e. The first-order chi connectivity index (χ1) is 9.20. The standard InChI is InChI=1S/C15H16N2OS/c1-10-14(8-18)11(2)17(16-10)7-12-9-19-15-6-4-3-5-13(12)15/h3-6,8,12H,7,9H2,1-2H3. The maximum absolute atomic E-state index is 11.0. The molecule has 0 bridgehead atoms. The van der Waals surface area contributed by atoms with E-state index in [2.05, 4.69) is 29.4 Å². The van der Waals surface area contributed by atoms with Crippen molar-refractivity contribution in [3.63, 3.8) is 0 Å². The molecule has 1 atom stereocenters. The molecule has 98 valence electrons. The van der Waals surface area contributed by atoms with Gasteiger partial charge in [-0.1, -0.05) is 18.2 Å². The Morgan fingerprint density at radius 2 is 2.21 bits per heavy atom. The third-order valence-electron chi connectivity index (χ3n) is 3.75. The van der Waals surface area contributed by atoms with Gasteiger partial charge in [-0.25, -0.2) is 0 Å². The quantitative estimate of drug-likeness (QED) is 0.805. The van der Waals surface area contributed by atoms with Crippen LogP contribution in [-0.4, -0.2) is 21.8 Å². The van der Waals surface area contributed by atoms with E-state index in [1.807, 2.05) is 30.3 Å². The molecule has 1 aliphatic rings. The Labute approximate surface area is 117 Å². The van der Waals surface area contributed by atoms with E-state index in [1.54, 1.807) is 0 Å². The molecule has 0 fully saturated rings. The van der Waals surface area contributed by atoms with E-state index in [-0.39, 0.29) is 0 Å². The molecule has 1 aromatic heterocycles. The third kappa shape index (κ3) is 2.10. The van der Waals surface area contributed by atoms with Crippen LogP contribution in [0.2, 0.25) is 0 Å². The maximum atomic E-state index is 11.0. The first-order valence-corrected chi connectivity index (χ1v) is 7.40. The molecule has 2 heterocycles. The second-order valence-corrected chi connectivity index (χ2v) is 5.99. The van der Waals surface area contributed by atoms with Gasteiger partial charge in [0.25, 0.3) is 0 Å². The van der Waals surface area contributed by atoms with E-state index in [4.69, 9.17) is 0 Å². The fourth-order valence-electron chi connectivity index (χ4n) is 2.65. The highest BCUT2D eigenvalue weighted by Gasteiger charge is 2.24. The van der Waals surface area contributed by atoms with E-state index < -0.39 is 0 Å². The highest BCUT2D eigenvalue weighted by molar-refractivity contribution is 7.99. The number of aromatic nitrogens is 2. The molecule has 1 aromatic carbocycles. The number of hydrogen-bond donors (Lipinski definition) is 0. The lowest BCUT2D eigenvalue weighted by molar-refractivity contribution is 0.112. The fourth-order valence-corrected chi connectivity index (χ4v) is 3.89. The zero-order valence-electron chi connectivity index (χ0n) is 11.1. The number of rotatable bonds is 3. The zero-order chi connectivity index (χ0) is 13.4. The van der Waals surface area contributed by atoms with E-state index >= 15 is 0 Å². The molecule has 0 amide bonds. The number of carbonyl (C=O) groups is 1. The van der Waals surface area contributed by atoms with Crippen LogP contribution in [0.1, 0.15) is 33.2 Å². The number of aryl methyl sites for hydroxylation is 1. The monoisotopic (exact) mass is 272 g/mol. The summed E-state index contributed by atoms with van der Waals surface area (Å²) in [5.74, 6) is 1.58. The Hall–Kier alpha value is -1.55. The average molecular weight is 272 g/mol. The molecule has 3 nitrogen and oxygen atoms in total. The molecule has 0 radical (unpaired) electrons. The number of fused-ring (bicyclic) bond motifs is 1. The van der Waals surface area contributed by atoms with Crippen LogP contribution in [0.5, 0.6) is 0 Å². The first kappa shape index (κ1) is 12.5. The molecule has 19 heavy (non-hydrogen) atoms. The topological polar surface area (TPSA) is 34.9 Å². The normalized spacial score (nSPS) is 17.5. The van der Waals surface area contributed by atoms with Crippen molar-refractivity contribution in [3.8, 4) is 0 Å². The van der Waals surface area contributed by atoms with E-state index in [9.17, 15) is 4.79 Å². The summed E-state index contributed by atoms with van der Waals surface area (Å²) in [5.41, 5.74) is 3.94. The fraction of sp³-hybridized carbons (Fsp3) is 0.333. The number of hydrogen-bond acceptors (Lipinski definition) is 3. The number of thioether (sulfide) groups is 1. The minimum absolute atomic E-state index is 0.485. The molecule has 0 spiro atoms. The van der Waals surface area contributed by atoms with E-state index in [0.717, 1.165) is 35.5 Å². The Kier molecular flexibility index (Phi) is 3.19. The van der Waals surface area contributed by atoms with Crippen LogP contribution in [0, 0.1) is 13.8 Å². The number of benzene rings is 1. The number of nitrogens with zero attached hydrogens (tertiary/aromatic N) is 2. The molecule has 2 aromatic rings. The van der Waals surface area contributed by atoms with Gasteiger partial charge in [-0.2, -0.15) is 5.10 Å². The van der Waals surface area contributed by atoms with Gasteiger partial charge in [0.05, 0.1) is 11.3 Å². The minimum Gasteiger partial charge on any atom is -0.298 e. The summed E-state index contributed by atoms with van der Waals surface area (Å²) < 4.78 is 1.98. The third-order valence-corrected chi connectivity index (χ3v) is 5.00. The molecule has 3 rings (SSSR count). The van der Waals surface area contributed by atoms with Crippen LogP contribution in [0.3, 0.4) is 0 Å². The Bertz CT molecular complexity index is 633. The average Bonchev–Trinajstić information content (AvgIpc) is 2.93. The van der Waals surface area contributed by atoms with Crippen molar-refractivity contribution in [2.24, 2.45) is 0 Å². The van der Waals surface area contributed by atoms with Crippen LogP contribution >= 0.6 is 11.8 Å². The highest BCUT2D eigenvalue weighted by Crippen LogP contribution is 2.40. The molecular formula is C15H16N2OS. The van der Waals surface area contributed by atoms with Crippen molar-refractivity contribution in [2.75, 3.05) is 5.75 Å². The van der Waals surface area contributed by atoms with Gasteiger partial charge in [0.1, 0.15) is 0 Å². The molecule has 0 saturated carbocycles. The lowest BCUT2D eigenvalue weighted by Gasteiger charge is -2.12. The van der Waals surface area contributed by atoms with Gasteiger partial charge in [0.2, 0.25) is 0 Å². The van der Waals surface area contributed by atoms with Gasteiger partial charge < -0.3 is 0 Å². The first-order valence-electron chi connectivity index (χ1n) is 6.41. The van der Waals surface area contributed by atoms with Gasteiger partial charge >= 0.3 is 0 Å². The van der Waals surface area contributed by atoms with Crippen LogP contribution < -0.4 is 0 Å². The highest BCUT2D eigenvalue weighted by atomic mass is 32.2. The van der Waals surface area contributed by atoms with Crippen molar-refractivity contribution < 1.29 is 4.79 Å². The smallest absolute Gasteiger partial charge is 0.153 e. The second-order valence-electron chi connectivity index (χ2n) is 4.93. The van der Waals surface area contributed by atoms with Crippen molar-refractivity contribution in [2.45, 2.75) is 31.2 Å². The molecule has 1 unspecified atom stereocenters. The molecule has 0 saturated heterocycles. The summed E-state index contributed by atoms with van der Waals surface area (Å²) in [5, 5.41) is 4.49. The maximum Gasteiger partial charge on any atom is 0.153 e. The van der Waals surface area contributed by atoms with E-state index in [1.165, 1.54) is 10.5 Å². The Balaban J connectivity index is 1.90. The number of carbonyl (C=O) groups excluding carboxylic acids is 1. The predicted molar refractivity (Wildman–Crippen MR) is 77.0 cm³/mol. The van der Waals surface area contributed by atoms with Gasteiger partial charge in [-0.05, 0) is 25.5 Å². The molecule has 1 aliphatic heterocycles. The molecule has 4 heteroatoms.